The third kappa shape index (κ3) is 5.85. The number of halogens is 2. The summed E-state index contributed by atoms with van der Waals surface area (Å²) < 4.78 is 34.3. The van der Waals surface area contributed by atoms with Crippen LogP contribution in [0.15, 0.2) is 23.2 Å². The summed E-state index contributed by atoms with van der Waals surface area (Å²) >= 11 is 0. The molecule has 3 N–H and O–H groups in total. The molecule has 0 heterocycles. The smallest absolute Gasteiger partial charge is 0.387 e. The zero-order valence-electron chi connectivity index (χ0n) is 12.4. The van der Waals surface area contributed by atoms with Crippen LogP contribution in [0.5, 0.6) is 11.5 Å². The average Bonchev–Trinajstić information content (AvgIpc) is 2.45. The molecule has 0 radical (unpaired) electrons. The number of benzene rings is 1. The van der Waals surface area contributed by atoms with Gasteiger partial charge in [0.25, 0.3) is 0 Å². The Bertz CT molecular complexity index is 481. The first kappa shape index (κ1) is 17.0. The van der Waals surface area contributed by atoms with Gasteiger partial charge in [-0.05, 0) is 31.5 Å². The summed E-state index contributed by atoms with van der Waals surface area (Å²) in [7, 11) is 1.49. The maximum absolute atomic E-state index is 12.4. The number of nitrogens with zero attached hydrogens (tertiary/aromatic N) is 1. The minimum Gasteiger partial charge on any atom is -0.497 e. The number of ether oxygens (including phenoxy) is 2. The molecule has 0 aliphatic heterocycles. The van der Waals surface area contributed by atoms with Crippen LogP contribution >= 0.6 is 0 Å². The fourth-order valence-electron chi connectivity index (χ4n) is 1.59. The second-order valence-electron chi connectivity index (χ2n) is 4.51. The van der Waals surface area contributed by atoms with Gasteiger partial charge in [-0.2, -0.15) is 8.78 Å². The van der Waals surface area contributed by atoms with Gasteiger partial charge < -0.3 is 20.5 Å². The van der Waals surface area contributed by atoms with Gasteiger partial charge in [-0.1, -0.05) is 6.92 Å². The monoisotopic (exact) mass is 301 g/mol. The van der Waals surface area contributed by atoms with Gasteiger partial charge in [0, 0.05) is 11.6 Å². The van der Waals surface area contributed by atoms with Gasteiger partial charge in [-0.25, -0.2) is 4.99 Å². The molecule has 118 valence electrons. The first-order valence-electron chi connectivity index (χ1n) is 6.64. The Labute approximate surface area is 123 Å². The van der Waals surface area contributed by atoms with Crippen molar-refractivity contribution in [2.45, 2.75) is 39.5 Å². The summed E-state index contributed by atoms with van der Waals surface area (Å²) in [5.74, 6) is 0.858. The Hall–Kier alpha value is -2.05. The van der Waals surface area contributed by atoms with Crippen molar-refractivity contribution in [3.8, 4) is 11.5 Å². The molecule has 0 aliphatic rings. The molecule has 0 spiro atoms. The van der Waals surface area contributed by atoms with E-state index in [0.717, 1.165) is 6.42 Å². The number of guanidine groups is 1. The molecule has 0 saturated carbocycles. The van der Waals surface area contributed by atoms with E-state index in [-0.39, 0.29) is 24.3 Å². The lowest BCUT2D eigenvalue weighted by atomic mass is 10.2. The molecule has 5 nitrogen and oxygen atoms in total. The largest absolute Gasteiger partial charge is 0.497 e. The van der Waals surface area contributed by atoms with Crippen molar-refractivity contribution in [2.75, 3.05) is 7.11 Å². The normalized spacial score (nSPS) is 13.1. The van der Waals surface area contributed by atoms with Crippen LogP contribution in [0.1, 0.15) is 25.8 Å². The number of methoxy groups -OCH3 is 1. The van der Waals surface area contributed by atoms with Crippen LogP contribution in [0.2, 0.25) is 0 Å². The molecule has 0 saturated heterocycles. The predicted molar refractivity (Wildman–Crippen MR) is 77.8 cm³/mol. The van der Waals surface area contributed by atoms with E-state index in [1.807, 2.05) is 13.8 Å². The van der Waals surface area contributed by atoms with Crippen molar-refractivity contribution in [1.82, 2.24) is 5.32 Å². The lowest BCUT2D eigenvalue weighted by Gasteiger charge is -2.13. The topological polar surface area (TPSA) is 68.9 Å². The molecule has 0 bridgehead atoms. The van der Waals surface area contributed by atoms with Crippen LogP contribution in [0.25, 0.3) is 0 Å². The SMILES string of the molecule is CCC(C)NC(N)=NCc1cc(OC)ccc1OC(F)F. The Morgan fingerprint density at radius 2 is 2.14 bits per heavy atom. The maximum atomic E-state index is 12.4. The second kappa shape index (κ2) is 8.28. The van der Waals surface area contributed by atoms with E-state index in [0.29, 0.717) is 11.3 Å². The third-order valence-electron chi connectivity index (χ3n) is 2.91. The minimum absolute atomic E-state index is 0.0610. The molecule has 0 amide bonds. The van der Waals surface area contributed by atoms with Gasteiger partial charge in [-0.3, -0.25) is 0 Å². The summed E-state index contributed by atoms with van der Waals surface area (Å²) in [6, 6.07) is 4.76. The Morgan fingerprint density at radius 3 is 2.71 bits per heavy atom. The Kier molecular flexibility index (Phi) is 6.71. The molecule has 1 aromatic carbocycles. The number of hydrogen-bond acceptors (Lipinski definition) is 3. The number of alkyl halides is 2. The highest BCUT2D eigenvalue weighted by Crippen LogP contribution is 2.26. The minimum atomic E-state index is -2.89. The number of nitrogens with two attached hydrogens (primary N) is 1. The van der Waals surface area contributed by atoms with Crippen LogP contribution in [0.3, 0.4) is 0 Å². The average molecular weight is 301 g/mol. The van der Waals surface area contributed by atoms with E-state index in [1.165, 1.54) is 13.2 Å². The van der Waals surface area contributed by atoms with E-state index in [1.54, 1.807) is 12.1 Å². The fourth-order valence-corrected chi connectivity index (χ4v) is 1.59. The van der Waals surface area contributed by atoms with Crippen LogP contribution in [0, 0.1) is 0 Å². The molecule has 0 aromatic heterocycles. The second-order valence-corrected chi connectivity index (χ2v) is 4.51. The molecule has 1 atom stereocenters. The lowest BCUT2D eigenvalue weighted by molar-refractivity contribution is -0.0504. The van der Waals surface area contributed by atoms with Gasteiger partial charge in [0.15, 0.2) is 5.96 Å². The molecule has 0 fully saturated rings. The van der Waals surface area contributed by atoms with Gasteiger partial charge in [0.2, 0.25) is 0 Å². The van der Waals surface area contributed by atoms with Crippen molar-refractivity contribution in [3.05, 3.63) is 23.8 Å². The quantitative estimate of drug-likeness (QED) is 0.600. The highest BCUT2D eigenvalue weighted by atomic mass is 19.3. The number of aliphatic imine (C=N–C) groups is 1. The van der Waals surface area contributed by atoms with Crippen LogP contribution in [-0.2, 0) is 6.54 Å². The maximum Gasteiger partial charge on any atom is 0.387 e. The van der Waals surface area contributed by atoms with Gasteiger partial charge in [0.1, 0.15) is 11.5 Å². The molecule has 1 rings (SSSR count). The van der Waals surface area contributed by atoms with E-state index in [2.05, 4.69) is 15.0 Å². The molecular formula is C14H21F2N3O2. The highest BCUT2D eigenvalue weighted by Gasteiger charge is 2.11. The lowest BCUT2D eigenvalue weighted by Crippen LogP contribution is -2.38. The van der Waals surface area contributed by atoms with Crippen molar-refractivity contribution in [3.63, 3.8) is 0 Å². The summed E-state index contributed by atoms with van der Waals surface area (Å²) in [5, 5.41) is 3.00. The Morgan fingerprint density at radius 1 is 1.43 bits per heavy atom. The number of hydrogen-bond donors (Lipinski definition) is 2. The van der Waals surface area contributed by atoms with Crippen LogP contribution in [0.4, 0.5) is 8.78 Å². The summed E-state index contributed by atoms with van der Waals surface area (Å²) in [5.41, 5.74) is 6.21. The predicted octanol–water partition coefficient (Wildman–Crippen LogP) is 2.50. The number of nitrogens with one attached hydrogen (secondary N) is 1. The Balaban J connectivity index is 2.86. The molecule has 1 aromatic rings. The molecule has 7 heteroatoms. The number of rotatable bonds is 7. The third-order valence-corrected chi connectivity index (χ3v) is 2.91. The van der Waals surface area contributed by atoms with Crippen molar-refractivity contribution in [2.24, 2.45) is 10.7 Å². The first-order chi connectivity index (χ1) is 9.96. The summed E-state index contributed by atoms with van der Waals surface area (Å²) in [6.45, 7) is 1.21. The molecule has 21 heavy (non-hydrogen) atoms. The van der Waals surface area contributed by atoms with Gasteiger partial charge in [0.05, 0.1) is 13.7 Å². The van der Waals surface area contributed by atoms with Crippen LogP contribution < -0.4 is 20.5 Å². The molecular weight excluding hydrogens is 280 g/mol. The van der Waals surface area contributed by atoms with E-state index >= 15 is 0 Å². The van der Waals surface area contributed by atoms with Gasteiger partial charge in [-0.15, -0.1) is 0 Å². The first-order valence-corrected chi connectivity index (χ1v) is 6.64. The zero-order chi connectivity index (χ0) is 15.8. The van der Waals surface area contributed by atoms with E-state index < -0.39 is 6.61 Å². The van der Waals surface area contributed by atoms with Crippen molar-refractivity contribution < 1.29 is 18.3 Å². The van der Waals surface area contributed by atoms with Crippen LogP contribution in [-0.4, -0.2) is 25.7 Å². The summed E-state index contributed by atoms with van der Waals surface area (Å²) in [4.78, 5) is 4.13. The van der Waals surface area contributed by atoms with Crippen molar-refractivity contribution in [1.29, 1.82) is 0 Å². The van der Waals surface area contributed by atoms with E-state index in [9.17, 15) is 8.78 Å². The molecule has 0 aliphatic carbocycles. The van der Waals surface area contributed by atoms with Gasteiger partial charge >= 0.3 is 6.61 Å². The zero-order valence-corrected chi connectivity index (χ0v) is 12.4. The standard InChI is InChI=1S/C14H21F2N3O2/c1-4-9(2)19-14(17)18-8-10-7-11(20-3)5-6-12(10)21-13(15)16/h5-7,9,13H,4,8H2,1-3H3,(H3,17,18,19). The van der Waals surface area contributed by atoms with Crippen molar-refractivity contribution >= 4 is 5.96 Å². The fraction of sp³-hybridized carbons (Fsp3) is 0.500. The summed E-state index contributed by atoms with van der Waals surface area (Å²) in [6.07, 6.45) is 0.898. The van der Waals surface area contributed by atoms with E-state index in [4.69, 9.17) is 10.5 Å². The highest BCUT2D eigenvalue weighted by molar-refractivity contribution is 5.78. The molecule has 1 unspecified atom stereocenters.